The molecule has 0 heterocycles. The van der Waals surface area contributed by atoms with E-state index in [0.717, 1.165) is 28.9 Å². The average molecular weight is 328 g/mol. The third-order valence-electron chi connectivity index (χ3n) is 2.55. The molecule has 0 radical (unpaired) electrons. The van der Waals surface area contributed by atoms with Crippen LogP contribution in [0.1, 0.15) is 19.4 Å². The summed E-state index contributed by atoms with van der Waals surface area (Å²) in [7, 11) is 1.70. The van der Waals surface area contributed by atoms with E-state index in [9.17, 15) is 0 Å². The van der Waals surface area contributed by atoms with Gasteiger partial charge >= 0.3 is 0 Å². The number of ether oxygens (including phenoxy) is 2. The van der Waals surface area contributed by atoms with Crippen molar-refractivity contribution in [2.24, 2.45) is 0 Å². The molecule has 3 nitrogen and oxygen atoms in total. The van der Waals surface area contributed by atoms with Gasteiger partial charge in [0.1, 0.15) is 12.4 Å². The van der Waals surface area contributed by atoms with E-state index in [4.69, 9.17) is 9.47 Å². The van der Waals surface area contributed by atoms with Gasteiger partial charge in [-0.25, -0.2) is 0 Å². The van der Waals surface area contributed by atoms with Crippen LogP contribution in [0.25, 0.3) is 0 Å². The molecule has 0 aliphatic rings. The lowest BCUT2D eigenvalue weighted by Gasteiger charge is -2.12. The van der Waals surface area contributed by atoms with E-state index >= 15 is 0 Å². The molecular weight excluding hydrogens is 306 g/mol. The largest absolute Gasteiger partial charge is 0.489 e. The minimum Gasteiger partial charge on any atom is -0.489 e. The number of hydrogen-bond donors (Lipinski definition) is 1. The Morgan fingerprint density at radius 2 is 2.16 bits per heavy atom. The fraction of sp³-hybridized carbons (Fsp3) is 0.467. The Morgan fingerprint density at radius 1 is 1.37 bits per heavy atom. The van der Waals surface area contributed by atoms with Crippen LogP contribution in [0.5, 0.6) is 5.75 Å². The van der Waals surface area contributed by atoms with Gasteiger partial charge in [-0.05, 0) is 38.1 Å². The predicted octanol–water partition coefficient (Wildman–Crippen LogP) is 3.53. The van der Waals surface area contributed by atoms with Crippen molar-refractivity contribution >= 4 is 15.9 Å². The summed E-state index contributed by atoms with van der Waals surface area (Å²) in [5.41, 5.74) is 2.41. The fourth-order valence-corrected chi connectivity index (χ4v) is 1.93. The molecule has 0 atom stereocenters. The molecule has 0 unspecified atom stereocenters. The van der Waals surface area contributed by atoms with E-state index in [1.807, 2.05) is 12.1 Å². The first kappa shape index (κ1) is 16.2. The van der Waals surface area contributed by atoms with Crippen molar-refractivity contribution < 1.29 is 9.47 Å². The normalized spacial score (nSPS) is 10.3. The molecule has 0 spiro atoms. The summed E-state index contributed by atoms with van der Waals surface area (Å²) in [6.45, 7) is 7.05. The molecule has 1 rings (SSSR count). The first-order chi connectivity index (χ1) is 9.13. The smallest absolute Gasteiger partial charge is 0.124 e. The maximum atomic E-state index is 5.79. The Bertz CT molecular complexity index is 415. The van der Waals surface area contributed by atoms with Crippen LogP contribution >= 0.6 is 15.9 Å². The Morgan fingerprint density at radius 3 is 2.84 bits per heavy atom. The number of rotatable bonds is 8. The third kappa shape index (κ3) is 6.76. The molecule has 0 fully saturated rings. The molecule has 4 heteroatoms. The zero-order valence-electron chi connectivity index (χ0n) is 11.8. The third-order valence-corrected chi connectivity index (χ3v) is 3.04. The van der Waals surface area contributed by atoms with Gasteiger partial charge in [-0.2, -0.15) is 0 Å². The molecule has 0 aliphatic carbocycles. The molecular formula is C15H22BrNO2. The maximum Gasteiger partial charge on any atom is 0.124 e. The number of benzene rings is 1. The molecule has 19 heavy (non-hydrogen) atoms. The van der Waals surface area contributed by atoms with E-state index in [1.54, 1.807) is 7.11 Å². The molecule has 1 aromatic rings. The summed E-state index contributed by atoms with van der Waals surface area (Å²) < 4.78 is 11.9. The molecule has 0 amide bonds. The van der Waals surface area contributed by atoms with Crippen molar-refractivity contribution in [1.29, 1.82) is 0 Å². The van der Waals surface area contributed by atoms with Crippen LogP contribution in [0.15, 0.2) is 34.3 Å². The number of nitrogens with one attached hydrogen (secondary N) is 1. The molecule has 0 aliphatic heterocycles. The van der Waals surface area contributed by atoms with Crippen LogP contribution in [0, 0.1) is 0 Å². The highest BCUT2D eigenvalue weighted by atomic mass is 79.9. The van der Waals surface area contributed by atoms with Gasteiger partial charge in [0.15, 0.2) is 0 Å². The van der Waals surface area contributed by atoms with Gasteiger partial charge in [-0.15, -0.1) is 0 Å². The van der Waals surface area contributed by atoms with E-state index < -0.39 is 0 Å². The van der Waals surface area contributed by atoms with Gasteiger partial charge in [-0.3, -0.25) is 0 Å². The Kier molecular flexibility index (Phi) is 7.79. The summed E-state index contributed by atoms with van der Waals surface area (Å²) in [4.78, 5) is 0. The minimum absolute atomic E-state index is 0.606. The lowest BCUT2D eigenvalue weighted by molar-refractivity contribution is 0.199. The first-order valence-corrected chi connectivity index (χ1v) is 7.17. The minimum atomic E-state index is 0.606. The fourth-order valence-electron chi connectivity index (χ4n) is 1.52. The summed E-state index contributed by atoms with van der Waals surface area (Å²) in [6.07, 6.45) is 2.07. The second kappa shape index (κ2) is 9.13. The van der Waals surface area contributed by atoms with Gasteiger partial charge in [0, 0.05) is 30.2 Å². The average Bonchev–Trinajstić information content (AvgIpc) is 2.36. The highest BCUT2D eigenvalue weighted by Crippen LogP contribution is 2.23. The maximum absolute atomic E-state index is 5.79. The van der Waals surface area contributed by atoms with Crippen molar-refractivity contribution in [2.45, 2.75) is 20.4 Å². The summed E-state index contributed by atoms with van der Waals surface area (Å²) >= 11 is 3.49. The lowest BCUT2D eigenvalue weighted by atomic mass is 10.2. The van der Waals surface area contributed by atoms with Gasteiger partial charge in [-0.1, -0.05) is 21.5 Å². The molecule has 0 saturated carbocycles. The van der Waals surface area contributed by atoms with Gasteiger partial charge in [0.2, 0.25) is 0 Å². The molecule has 106 valence electrons. The summed E-state index contributed by atoms with van der Waals surface area (Å²) in [6, 6.07) is 6.07. The van der Waals surface area contributed by atoms with E-state index in [1.165, 1.54) is 5.57 Å². The van der Waals surface area contributed by atoms with Gasteiger partial charge in [0.25, 0.3) is 0 Å². The number of allylic oxidation sites excluding steroid dienone is 1. The van der Waals surface area contributed by atoms with Crippen LogP contribution < -0.4 is 10.1 Å². The van der Waals surface area contributed by atoms with Crippen LogP contribution in [-0.2, 0) is 11.3 Å². The van der Waals surface area contributed by atoms with Crippen LogP contribution in [0.3, 0.4) is 0 Å². The topological polar surface area (TPSA) is 30.5 Å². The highest BCUT2D eigenvalue weighted by molar-refractivity contribution is 9.10. The second-order valence-corrected chi connectivity index (χ2v) is 5.43. The standard InChI is InChI=1S/C15H22BrNO2/c1-12(2)6-8-19-15-5-4-14(16)10-13(15)11-17-7-9-18-3/h4-6,10,17H,7-9,11H2,1-3H3. The Hall–Kier alpha value is -0.840. The van der Waals surface area contributed by atoms with Crippen molar-refractivity contribution in [2.75, 3.05) is 26.9 Å². The van der Waals surface area contributed by atoms with Crippen LogP contribution in [0.4, 0.5) is 0 Å². The molecule has 0 saturated heterocycles. The van der Waals surface area contributed by atoms with Crippen LogP contribution in [0.2, 0.25) is 0 Å². The monoisotopic (exact) mass is 327 g/mol. The SMILES string of the molecule is COCCNCc1cc(Br)ccc1OCC=C(C)C. The zero-order chi connectivity index (χ0) is 14.1. The summed E-state index contributed by atoms with van der Waals surface area (Å²) in [5.74, 6) is 0.922. The van der Waals surface area contributed by atoms with Gasteiger partial charge < -0.3 is 14.8 Å². The highest BCUT2D eigenvalue weighted by Gasteiger charge is 2.04. The van der Waals surface area contributed by atoms with E-state index in [0.29, 0.717) is 13.2 Å². The molecule has 1 aromatic carbocycles. The van der Waals surface area contributed by atoms with Gasteiger partial charge in [0.05, 0.1) is 6.61 Å². The second-order valence-electron chi connectivity index (χ2n) is 4.51. The molecule has 1 N–H and O–H groups in total. The molecule has 0 bridgehead atoms. The predicted molar refractivity (Wildman–Crippen MR) is 82.7 cm³/mol. The number of hydrogen-bond acceptors (Lipinski definition) is 3. The van der Waals surface area contributed by atoms with E-state index in [2.05, 4.69) is 47.2 Å². The van der Waals surface area contributed by atoms with Crippen molar-refractivity contribution in [1.82, 2.24) is 5.32 Å². The van der Waals surface area contributed by atoms with Crippen molar-refractivity contribution in [3.63, 3.8) is 0 Å². The van der Waals surface area contributed by atoms with Crippen molar-refractivity contribution in [3.05, 3.63) is 39.9 Å². The Balaban J connectivity index is 2.60. The van der Waals surface area contributed by atoms with Crippen LogP contribution in [-0.4, -0.2) is 26.9 Å². The number of methoxy groups -OCH3 is 1. The quantitative estimate of drug-likeness (QED) is 0.585. The zero-order valence-corrected chi connectivity index (χ0v) is 13.4. The molecule has 0 aromatic heterocycles. The first-order valence-electron chi connectivity index (χ1n) is 6.37. The van der Waals surface area contributed by atoms with E-state index in [-0.39, 0.29) is 0 Å². The lowest BCUT2D eigenvalue weighted by Crippen LogP contribution is -2.19. The van der Waals surface area contributed by atoms with Crippen molar-refractivity contribution in [3.8, 4) is 5.75 Å². The summed E-state index contributed by atoms with van der Waals surface area (Å²) in [5, 5.41) is 3.33. The number of halogens is 1. The Labute approximate surface area is 124 Å².